The van der Waals surface area contributed by atoms with Crippen molar-refractivity contribution in [3.8, 4) is 0 Å². The normalized spacial score (nSPS) is 16.6. The number of aryl methyl sites for hydroxylation is 2. The van der Waals surface area contributed by atoms with E-state index in [9.17, 15) is 9.59 Å². The largest absolute Gasteiger partial charge is 0.493 e. The van der Waals surface area contributed by atoms with Gasteiger partial charge in [-0.2, -0.15) is 0 Å². The molecule has 0 fully saturated rings. The third-order valence-corrected chi connectivity index (χ3v) is 3.86. The second-order valence-electron chi connectivity index (χ2n) is 5.39. The Morgan fingerprint density at radius 3 is 2.68 bits per heavy atom. The second-order valence-corrected chi connectivity index (χ2v) is 5.39. The van der Waals surface area contributed by atoms with Gasteiger partial charge in [-0.15, -0.1) is 0 Å². The number of Topliss-reactive ketones (excluding diaryl/α,β-unsaturated/α-hetero) is 1. The molecule has 5 nitrogen and oxygen atoms in total. The average Bonchev–Trinajstić information content (AvgIpc) is 2.59. The molecule has 116 valence electrons. The Kier molecular flexibility index (Phi) is 4.42. The average molecular weight is 302 g/mol. The van der Waals surface area contributed by atoms with Gasteiger partial charge in [0.25, 0.3) is 0 Å². The summed E-state index contributed by atoms with van der Waals surface area (Å²) >= 11 is 0. The monoisotopic (exact) mass is 302 g/mol. The van der Waals surface area contributed by atoms with Crippen molar-refractivity contribution in [2.45, 2.75) is 25.7 Å². The Balaban J connectivity index is 1.60. The zero-order valence-electron chi connectivity index (χ0n) is 12.3. The van der Waals surface area contributed by atoms with Crippen LogP contribution in [-0.2, 0) is 31.8 Å². The van der Waals surface area contributed by atoms with E-state index >= 15 is 0 Å². The van der Waals surface area contributed by atoms with Gasteiger partial charge in [0.05, 0.1) is 0 Å². The first kappa shape index (κ1) is 14.6. The lowest BCUT2D eigenvalue weighted by Gasteiger charge is -2.16. The molecule has 0 saturated heterocycles. The van der Waals surface area contributed by atoms with Gasteiger partial charge in [-0.3, -0.25) is 4.79 Å². The van der Waals surface area contributed by atoms with Crippen LogP contribution in [0.2, 0.25) is 0 Å². The maximum atomic E-state index is 12.1. The number of hydrogen-bond acceptors (Lipinski definition) is 5. The van der Waals surface area contributed by atoms with Crippen molar-refractivity contribution in [3.63, 3.8) is 0 Å². The van der Waals surface area contributed by atoms with Crippen molar-refractivity contribution < 1.29 is 23.8 Å². The van der Waals surface area contributed by atoms with Crippen LogP contribution in [0.4, 0.5) is 0 Å². The molecule has 0 saturated carbocycles. The summed E-state index contributed by atoms with van der Waals surface area (Å²) in [7, 11) is 0. The minimum atomic E-state index is -0.675. The maximum absolute atomic E-state index is 12.1. The van der Waals surface area contributed by atoms with Gasteiger partial charge < -0.3 is 14.2 Å². The summed E-state index contributed by atoms with van der Waals surface area (Å²) in [6.07, 6.45) is 5.66. The van der Waals surface area contributed by atoms with Crippen molar-refractivity contribution in [2.75, 3.05) is 19.8 Å². The van der Waals surface area contributed by atoms with Gasteiger partial charge in [0.2, 0.25) is 5.76 Å². The van der Waals surface area contributed by atoms with Crippen LogP contribution in [0, 0.1) is 0 Å². The highest BCUT2D eigenvalue weighted by Gasteiger charge is 2.19. The molecule has 0 unspecified atom stereocenters. The third kappa shape index (κ3) is 3.30. The van der Waals surface area contributed by atoms with Gasteiger partial charge in [0, 0.05) is 5.56 Å². The van der Waals surface area contributed by atoms with Crippen LogP contribution in [0.3, 0.4) is 0 Å². The Labute approximate surface area is 128 Å². The van der Waals surface area contributed by atoms with E-state index < -0.39 is 5.97 Å². The van der Waals surface area contributed by atoms with E-state index in [1.807, 2.05) is 12.1 Å². The van der Waals surface area contributed by atoms with Crippen molar-refractivity contribution >= 4 is 11.8 Å². The Morgan fingerprint density at radius 1 is 1.09 bits per heavy atom. The predicted octanol–water partition coefficient (Wildman–Crippen LogP) is 2.18. The van der Waals surface area contributed by atoms with Gasteiger partial charge in [-0.25, -0.2) is 4.79 Å². The highest BCUT2D eigenvalue weighted by atomic mass is 16.6. The van der Waals surface area contributed by atoms with Crippen molar-refractivity contribution in [1.82, 2.24) is 0 Å². The molecule has 0 atom stereocenters. The molecule has 0 radical (unpaired) electrons. The Bertz CT molecular complexity index is 617. The molecule has 0 aromatic heterocycles. The smallest absolute Gasteiger partial charge is 0.377 e. The highest BCUT2D eigenvalue weighted by Crippen LogP contribution is 2.22. The molecule has 3 rings (SSSR count). The number of carbonyl (C=O) groups excluding carboxylic acids is 2. The molecule has 1 aromatic carbocycles. The predicted molar refractivity (Wildman–Crippen MR) is 78.4 cm³/mol. The minimum absolute atomic E-state index is 0.00416. The number of ketones is 1. The van der Waals surface area contributed by atoms with Crippen LogP contribution in [0.5, 0.6) is 0 Å². The van der Waals surface area contributed by atoms with Crippen LogP contribution in [0.1, 0.15) is 34.3 Å². The molecule has 1 heterocycles. The lowest BCUT2D eigenvalue weighted by molar-refractivity contribution is -0.143. The Morgan fingerprint density at radius 2 is 1.91 bits per heavy atom. The molecule has 2 aliphatic rings. The summed E-state index contributed by atoms with van der Waals surface area (Å²) in [6.45, 7) is 0.420. The van der Waals surface area contributed by atoms with E-state index in [2.05, 4.69) is 0 Å². The summed E-state index contributed by atoms with van der Waals surface area (Å²) in [5.41, 5.74) is 3.14. The molecule has 5 heteroatoms. The van der Waals surface area contributed by atoms with Crippen LogP contribution >= 0.6 is 0 Å². The number of esters is 1. The van der Waals surface area contributed by atoms with Crippen molar-refractivity contribution in [2.24, 2.45) is 0 Å². The zero-order valence-corrected chi connectivity index (χ0v) is 12.3. The first-order chi connectivity index (χ1) is 10.7. The second kappa shape index (κ2) is 6.64. The summed E-state index contributed by atoms with van der Waals surface area (Å²) in [6, 6.07) is 5.73. The molecule has 1 aliphatic heterocycles. The van der Waals surface area contributed by atoms with E-state index in [1.54, 1.807) is 6.07 Å². The van der Waals surface area contributed by atoms with Gasteiger partial charge >= 0.3 is 5.97 Å². The van der Waals surface area contributed by atoms with Gasteiger partial charge in [0.1, 0.15) is 19.5 Å². The Hall–Kier alpha value is -2.30. The fourth-order valence-electron chi connectivity index (χ4n) is 2.67. The van der Waals surface area contributed by atoms with E-state index in [0.717, 1.165) is 19.3 Å². The number of hydrogen-bond donors (Lipinski definition) is 0. The van der Waals surface area contributed by atoms with Crippen molar-refractivity contribution in [3.05, 3.63) is 46.9 Å². The number of ether oxygens (including phenoxy) is 3. The molecule has 1 aliphatic carbocycles. The lowest BCUT2D eigenvalue weighted by Crippen LogP contribution is -2.20. The fourth-order valence-corrected chi connectivity index (χ4v) is 2.67. The number of rotatable bonds is 4. The first-order valence-electron chi connectivity index (χ1n) is 7.51. The molecule has 0 spiro atoms. The molecule has 0 bridgehead atoms. The molecule has 0 amide bonds. The van der Waals surface area contributed by atoms with Gasteiger partial charge in [0.15, 0.2) is 12.4 Å². The number of carbonyl (C=O) groups is 2. The zero-order chi connectivity index (χ0) is 15.4. The van der Waals surface area contributed by atoms with E-state index in [0.29, 0.717) is 18.8 Å². The van der Waals surface area contributed by atoms with E-state index in [4.69, 9.17) is 14.2 Å². The molecule has 0 N–H and O–H groups in total. The highest BCUT2D eigenvalue weighted by molar-refractivity contribution is 5.99. The maximum Gasteiger partial charge on any atom is 0.377 e. The van der Waals surface area contributed by atoms with Crippen LogP contribution < -0.4 is 0 Å². The molecular formula is C17H18O5. The number of benzene rings is 1. The minimum Gasteiger partial charge on any atom is -0.493 e. The van der Waals surface area contributed by atoms with Crippen LogP contribution in [-0.4, -0.2) is 31.6 Å². The van der Waals surface area contributed by atoms with Crippen molar-refractivity contribution in [1.29, 1.82) is 0 Å². The summed E-state index contributed by atoms with van der Waals surface area (Å²) in [5.74, 6) is -0.880. The molecule has 1 aromatic rings. The first-order valence-corrected chi connectivity index (χ1v) is 7.51. The van der Waals surface area contributed by atoms with E-state index in [1.165, 1.54) is 23.8 Å². The summed E-state index contributed by atoms with van der Waals surface area (Å²) < 4.78 is 15.1. The topological polar surface area (TPSA) is 61.8 Å². The van der Waals surface area contributed by atoms with Gasteiger partial charge in [-0.05, 0) is 42.9 Å². The quantitative estimate of drug-likeness (QED) is 0.630. The van der Waals surface area contributed by atoms with E-state index in [-0.39, 0.29) is 18.1 Å². The standard InChI is InChI=1S/C17H18O5/c18-15(10-22-17(19)16-11-20-7-8-21-16)14-6-5-12-3-1-2-4-13(12)9-14/h5-6,9,11H,1-4,7-8,10H2. The van der Waals surface area contributed by atoms with Crippen LogP contribution in [0.25, 0.3) is 0 Å². The molecular weight excluding hydrogens is 284 g/mol. The lowest BCUT2D eigenvalue weighted by atomic mass is 9.90. The summed E-state index contributed by atoms with van der Waals surface area (Å²) in [4.78, 5) is 23.9. The number of fused-ring (bicyclic) bond motifs is 1. The van der Waals surface area contributed by atoms with Gasteiger partial charge in [-0.1, -0.05) is 12.1 Å². The third-order valence-electron chi connectivity index (χ3n) is 3.86. The fraction of sp³-hybridized carbons (Fsp3) is 0.412. The summed E-state index contributed by atoms with van der Waals surface area (Å²) in [5, 5.41) is 0. The van der Waals surface area contributed by atoms with Crippen LogP contribution in [0.15, 0.2) is 30.2 Å². The molecule has 22 heavy (non-hydrogen) atoms. The SMILES string of the molecule is O=C(OCC(=O)c1ccc2c(c1)CCCC2)C1=COCCO1.